The van der Waals surface area contributed by atoms with Crippen molar-refractivity contribution < 1.29 is 14.3 Å². The van der Waals surface area contributed by atoms with Gasteiger partial charge in [0.05, 0.1) is 24.7 Å². The summed E-state index contributed by atoms with van der Waals surface area (Å²) in [5, 5.41) is 0. The highest BCUT2D eigenvalue weighted by atomic mass is 16.6. The molecule has 2 spiro atoms. The molecule has 134 valence electrons. The third-order valence-corrected chi connectivity index (χ3v) is 9.46. The zero-order chi connectivity index (χ0) is 16.8. The summed E-state index contributed by atoms with van der Waals surface area (Å²) in [5.74, 6) is 2.14. The van der Waals surface area contributed by atoms with Gasteiger partial charge in [-0.1, -0.05) is 13.3 Å². The van der Waals surface area contributed by atoms with Crippen molar-refractivity contribution in [2.45, 2.75) is 77.2 Å². The number of hydrogen-bond donors (Lipinski definition) is 0. The molecule has 0 aromatic heterocycles. The van der Waals surface area contributed by atoms with Crippen LogP contribution >= 0.6 is 0 Å². The maximum Gasteiger partial charge on any atom is 0.311 e. The van der Waals surface area contributed by atoms with Crippen LogP contribution in [0.25, 0.3) is 0 Å². The lowest BCUT2D eigenvalue weighted by atomic mass is 9.41. The van der Waals surface area contributed by atoms with Crippen molar-refractivity contribution in [3.63, 3.8) is 0 Å². The van der Waals surface area contributed by atoms with Gasteiger partial charge in [-0.25, -0.2) is 0 Å². The summed E-state index contributed by atoms with van der Waals surface area (Å²) in [6.45, 7) is 5.75. The van der Waals surface area contributed by atoms with Gasteiger partial charge in [-0.3, -0.25) is 4.79 Å². The number of esters is 1. The van der Waals surface area contributed by atoms with Crippen molar-refractivity contribution >= 4 is 5.97 Å². The predicted molar refractivity (Wildman–Crippen MR) is 91.4 cm³/mol. The molecule has 1 saturated heterocycles. The smallest absolute Gasteiger partial charge is 0.311 e. The topological polar surface area (TPSA) is 38.8 Å². The summed E-state index contributed by atoms with van der Waals surface area (Å²) >= 11 is 0. The van der Waals surface area contributed by atoms with E-state index in [1.54, 1.807) is 7.11 Å². The molecular weight excluding hydrogens is 300 g/mol. The maximum atomic E-state index is 12.7. The Balaban J connectivity index is 1.53. The SMILES string of the molecule is COC(=O)[C@@]1(C)CCC[C@@]2(C)[C@@H]3CC[C@@H]4C[C@@]3(CC[C@@H]21)C[C@]41CO1. The number of fused-ring (bicyclic) bond motifs is 4. The van der Waals surface area contributed by atoms with E-state index in [4.69, 9.17) is 9.47 Å². The first-order chi connectivity index (χ1) is 11.4. The van der Waals surface area contributed by atoms with Gasteiger partial charge < -0.3 is 9.47 Å². The van der Waals surface area contributed by atoms with Gasteiger partial charge in [0.1, 0.15) is 0 Å². The third kappa shape index (κ3) is 1.70. The van der Waals surface area contributed by atoms with Gasteiger partial charge in [-0.2, -0.15) is 0 Å². The van der Waals surface area contributed by atoms with E-state index in [2.05, 4.69) is 13.8 Å². The minimum Gasteiger partial charge on any atom is -0.469 e. The molecule has 0 amide bonds. The standard InChI is InChI=1S/C21H32O3/c1-18-8-4-9-19(2,17(22)23-3)15(18)7-10-20-11-14(5-6-16(18)20)21(12-20)13-24-21/h14-16H,4-13H2,1-3H3/t14-,15+,16+,18-,19+,20+,21+/m1/s1. The molecule has 5 aliphatic rings. The van der Waals surface area contributed by atoms with Gasteiger partial charge in [0, 0.05) is 0 Å². The Morgan fingerprint density at radius 2 is 1.88 bits per heavy atom. The molecule has 5 rings (SSSR count). The second-order valence-corrected chi connectivity index (χ2v) is 10.3. The van der Waals surface area contributed by atoms with Gasteiger partial charge in [-0.05, 0) is 86.9 Å². The van der Waals surface area contributed by atoms with E-state index in [0.29, 0.717) is 16.7 Å². The summed E-state index contributed by atoms with van der Waals surface area (Å²) in [4.78, 5) is 12.7. The molecular formula is C21H32O3. The molecule has 2 bridgehead atoms. The van der Waals surface area contributed by atoms with Crippen LogP contribution in [0.4, 0.5) is 0 Å². The lowest BCUT2D eigenvalue weighted by molar-refractivity contribution is -0.183. The fourth-order valence-corrected chi connectivity index (χ4v) is 8.51. The monoisotopic (exact) mass is 332 g/mol. The Morgan fingerprint density at radius 3 is 2.58 bits per heavy atom. The van der Waals surface area contributed by atoms with Crippen molar-refractivity contribution in [2.75, 3.05) is 13.7 Å². The molecule has 1 heterocycles. The molecule has 4 saturated carbocycles. The Morgan fingerprint density at radius 1 is 1.08 bits per heavy atom. The van der Waals surface area contributed by atoms with Crippen molar-refractivity contribution in [1.82, 2.24) is 0 Å². The number of ether oxygens (including phenoxy) is 2. The van der Waals surface area contributed by atoms with Gasteiger partial charge >= 0.3 is 5.97 Å². The summed E-state index contributed by atoms with van der Waals surface area (Å²) < 4.78 is 11.3. The average Bonchev–Trinajstić information content (AvgIpc) is 3.29. The number of hydrogen-bond acceptors (Lipinski definition) is 3. The zero-order valence-electron chi connectivity index (χ0n) is 15.5. The van der Waals surface area contributed by atoms with Gasteiger partial charge in [0.25, 0.3) is 0 Å². The van der Waals surface area contributed by atoms with Crippen molar-refractivity contribution in [3.05, 3.63) is 0 Å². The Labute approximate surface area is 145 Å². The van der Waals surface area contributed by atoms with Crippen molar-refractivity contribution in [3.8, 4) is 0 Å². The molecule has 0 N–H and O–H groups in total. The number of methoxy groups -OCH3 is 1. The summed E-state index contributed by atoms with van der Waals surface area (Å²) in [7, 11) is 1.57. The van der Waals surface area contributed by atoms with E-state index < -0.39 is 0 Å². The fourth-order valence-electron chi connectivity index (χ4n) is 8.51. The van der Waals surface area contributed by atoms with E-state index in [0.717, 1.165) is 24.9 Å². The first-order valence-corrected chi connectivity index (χ1v) is 10.1. The summed E-state index contributed by atoms with van der Waals surface area (Å²) in [6, 6.07) is 0. The predicted octanol–water partition coefficient (Wildman–Crippen LogP) is 4.34. The van der Waals surface area contributed by atoms with Crippen LogP contribution in [0.2, 0.25) is 0 Å². The Bertz CT molecular complexity index is 582. The molecule has 0 unspecified atom stereocenters. The van der Waals surface area contributed by atoms with Gasteiger partial charge in [-0.15, -0.1) is 0 Å². The largest absolute Gasteiger partial charge is 0.469 e. The molecule has 4 aliphatic carbocycles. The van der Waals surface area contributed by atoms with Crippen LogP contribution in [0.3, 0.4) is 0 Å². The molecule has 0 radical (unpaired) electrons. The Hall–Kier alpha value is -0.570. The fraction of sp³-hybridized carbons (Fsp3) is 0.952. The normalized spacial score (nSPS) is 58.0. The van der Waals surface area contributed by atoms with Crippen LogP contribution in [0, 0.1) is 34.0 Å². The molecule has 3 nitrogen and oxygen atoms in total. The van der Waals surface area contributed by atoms with Crippen molar-refractivity contribution in [1.29, 1.82) is 0 Å². The van der Waals surface area contributed by atoms with Crippen LogP contribution in [-0.4, -0.2) is 25.3 Å². The molecule has 5 fully saturated rings. The van der Waals surface area contributed by atoms with E-state index in [1.807, 2.05) is 0 Å². The minimum absolute atomic E-state index is 0.0384. The molecule has 0 aromatic carbocycles. The quantitative estimate of drug-likeness (QED) is 0.529. The summed E-state index contributed by atoms with van der Waals surface area (Å²) in [6.07, 6.45) is 11.4. The number of epoxide rings is 1. The Kier molecular flexibility index (Phi) is 2.99. The molecule has 3 heteroatoms. The molecule has 24 heavy (non-hydrogen) atoms. The van der Waals surface area contributed by atoms with E-state index in [1.165, 1.54) is 51.4 Å². The van der Waals surface area contributed by atoms with Crippen LogP contribution in [0.1, 0.15) is 71.6 Å². The second kappa shape index (κ2) is 4.58. The van der Waals surface area contributed by atoms with E-state index in [9.17, 15) is 4.79 Å². The van der Waals surface area contributed by atoms with Crippen LogP contribution in [0.5, 0.6) is 0 Å². The highest BCUT2D eigenvalue weighted by Crippen LogP contribution is 2.75. The molecule has 7 atom stereocenters. The second-order valence-electron chi connectivity index (χ2n) is 10.3. The minimum atomic E-state index is -0.271. The maximum absolute atomic E-state index is 12.7. The summed E-state index contributed by atoms with van der Waals surface area (Å²) in [5.41, 5.74) is 0.828. The van der Waals surface area contributed by atoms with Gasteiger partial charge in [0.15, 0.2) is 0 Å². The highest BCUT2D eigenvalue weighted by molar-refractivity contribution is 5.77. The lowest BCUT2D eigenvalue weighted by Gasteiger charge is -2.63. The first-order valence-electron chi connectivity index (χ1n) is 10.1. The van der Waals surface area contributed by atoms with Crippen LogP contribution in [0.15, 0.2) is 0 Å². The average molecular weight is 332 g/mol. The highest BCUT2D eigenvalue weighted by Gasteiger charge is 2.71. The van der Waals surface area contributed by atoms with E-state index in [-0.39, 0.29) is 17.0 Å². The van der Waals surface area contributed by atoms with Gasteiger partial charge in [0.2, 0.25) is 0 Å². The first kappa shape index (κ1) is 15.7. The van der Waals surface area contributed by atoms with E-state index >= 15 is 0 Å². The third-order valence-electron chi connectivity index (χ3n) is 9.46. The number of carbonyl (C=O) groups is 1. The molecule has 1 aliphatic heterocycles. The van der Waals surface area contributed by atoms with Crippen LogP contribution < -0.4 is 0 Å². The van der Waals surface area contributed by atoms with Crippen molar-refractivity contribution in [2.24, 2.45) is 34.0 Å². The van der Waals surface area contributed by atoms with Crippen LogP contribution in [-0.2, 0) is 14.3 Å². The lowest BCUT2D eigenvalue weighted by Crippen LogP contribution is -2.58. The molecule has 0 aromatic rings. The number of carbonyl (C=O) groups excluding carboxylic acids is 1. The number of rotatable bonds is 1. The zero-order valence-corrected chi connectivity index (χ0v) is 15.5.